The number of hydrogen-bond donors (Lipinski definition) is 1. The van der Waals surface area contributed by atoms with Crippen LogP contribution in [0.5, 0.6) is 5.75 Å². The molecular formula is C24H26N4O4S2. The number of carbonyl (C=O) groups excluding carboxylic acids is 3. The van der Waals surface area contributed by atoms with Crippen LogP contribution in [0.2, 0.25) is 0 Å². The first-order valence-electron chi connectivity index (χ1n) is 11.0. The zero-order valence-corrected chi connectivity index (χ0v) is 20.8. The number of nitrogens with zero attached hydrogens (tertiary/aromatic N) is 3. The van der Waals surface area contributed by atoms with Crippen molar-refractivity contribution in [1.29, 1.82) is 0 Å². The Balaban J connectivity index is 1.61. The lowest BCUT2D eigenvalue weighted by Crippen LogP contribution is -2.63. The maximum atomic E-state index is 13.5. The minimum Gasteiger partial charge on any atom is -0.492 e. The molecule has 1 N–H and O–H groups in total. The zero-order chi connectivity index (χ0) is 24.2. The molecule has 34 heavy (non-hydrogen) atoms. The summed E-state index contributed by atoms with van der Waals surface area (Å²) in [7, 11) is 0. The molecule has 2 aromatic rings. The van der Waals surface area contributed by atoms with Crippen molar-refractivity contribution in [2.45, 2.75) is 32.2 Å². The van der Waals surface area contributed by atoms with E-state index in [9.17, 15) is 14.4 Å². The van der Waals surface area contributed by atoms with Crippen molar-refractivity contribution in [2.24, 2.45) is 4.99 Å². The number of carbonyl (C=O) groups is 3. The molecule has 2 atom stereocenters. The number of amides is 4. The first-order chi connectivity index (χ1) is 16.4. The standard InChI is InChI=1S/C24H26N4O4S2/c1-4-32-18-9-7-6-8-17(18)25-19(29)14-27-21-20(34-23(26-21)33-5-2)22(30)28(24(27)31)16-12-10-15(3)11-13-16/h6-13,20-21H,4-5,14H2,1-3H3,(H,25,29). The summed E-state index contributed by atoms with van der Waals surface area (Å²) >= 11 is 2.88. The number of urea groups is 1. The molecular weight excluding hydrogens is 472 g/mol. The average Bonchev–Trinajstić information content (AvgIpc) is 3.24. The van der Waals surface area contributed by atoms with Crippen molar-refractivity contribution in [3.05, 3.63) is 54.1 Å². The number of thioether (sulfide) groups is 2. The van der Waals surface area contributed by atoms with Crippen molar-refractivity contribution < 1.29 is 19.1 Å². The van der Waals surface area contributed by atoms with E-state index in [1.807, 2.05) is 39.0 Å². The van der Waals surface area contributed by atoms with E-state index in [1.165, 1.54) is 28.4 Å². The van der Waals surface area contributed by atoms with Gasteiger partial charge < -0.3 is 10.1 Å². The van der Waals surface area contributed by atoms with Crippen LogP contribution in [-0.2, 0) is 9.59 Å². The molecule has 2 aromatic carbocycles. The number of aliphatic imine (C=N–C) groups is 1. The van der Waals surface area contributed by atoms with Crippen LogP contribution in [0.1, 0.15) is 19.4 Å². The maximum Gasteiger partial charge on any atom is 0.333 e. The molecule has 10 heteroatoms. The van der Waals surface area contributed by atoms with E-state index in [2.05, 4.69) is 10.3 Å². The van der Waals surface area contributed by atoms with Crippen LogP contribution in [0.15, 0.2) is 53.5 Å². The molecule has 4 rings (SSSR count). The molecule has 2 heterocycles. The van der Waals surface area contributed by atoms with Gasteiger partial charge in [-0.25, -0.2) is 14.7 Å². The highest BCUT2D eigenvalue weighted by Crippen LogP contribution is 2.39. The predicted octanol–water partition coefficient (Wildman–Crippen LogP) is 4.35. The molecule has 178 valence electrons. The second kappa shape index (κ2) is 10.5. The van der Waals surface area contributed by atoms with E-state index in [-0.39, 0.29) is 12.5 Å². The van der Waals surface area contributed by atoms with Gasteiger partial charge in [-0.15, -0.1) is 11.8 Å². The van der Waals surface area contributed by atoms with Crippen LogP contribution in [0.25, 0.3) is 0 Å². The van der Waals surface area contributed by atoms with Crippen molar-refractivity contribution >= 4 is 57.1 Å². The number of benzene rings is 2. The third kappa shape index (κ3) is 4.92. The minimum absolute atomic E-state index is 0.246. The number of imide groups is 1. The van der Waals surface area contributed by atoms with Crippen molar-refractivity contribution in [3.63, 3.8) is 0 Å². The van der Waals surface area contributed by atoms with Gasteiger partial charge in [0.05, 0.1) is 18.0 Å². The summed E-state index contributed by atoms with van der Waals surface area (Å²) in [4.78, 5) is 47.1. The van der Waals surface area contributed by atoms with Gasteiger partial charge in [-0.1, -0.05) is 48.5 Å². The third-order valence-corrected chi connectivity index (χ3v) is 7.58. The van der Waals surface area contributed by atoms with Gasteiger partial charge in [0.25, 0.3) is 5.91 Å². The Morgan fingerprint density at radius 2 is 1.88 bits per heavy atom. The molecule has 0 spiro atoms. The van der Waals surface area contributed by atoms with Gasteiger partial charge in [0.15, 0.2) is 0 Å². The monoisotopic (exact) mass is 498 g/mol. The first-order valence-corrected chi connectivity index (χ1v) is 12.9. The van der Waals surface area contributed by atoms with Crippen LogP contribution in [0.4, 0.5) is 16.2 Å². The smallest absolute Gasteiger partial charge is 0.333 e. The first kappa shape index (κ1) is 24.2. The second-order valence-electron chi connectivity index (χ2n) is 7.68. The van der Waals surface area contributed by atoms with Crippen LogP contribution >= 0.6 is 23.5 Å². The largest absolute Gasteiger partial charge is 0.492 e. The van der Waals surface area contributed by atoms with E-state index in [4.69, 9.17) is 4.74 Å². The summed E-state index contributed by atoms with van der Waals surface area (Å²) < 4.78 is 6.33. The third-order valence-electron chi connectivity index (χ3n) is 5.29. The van der Waals surface area contributed by atoms with Gasteiger partial charge in [0.2, 0.25) is 5.91 Å². The summed E-state index contributed by atoms with van der Waals surface area (Å²) in [6.45, 7) is 6.01. The van der Waals surface area contributed by atoms with Gasteiger partial charge in [-0.3, -0.25) is 14.5 Å². The Labute approximate surface area is 207 Å². The number of para-hydroxylation sites is 2. The summed E-state index contributed by atoms with van der Waals surface area (Å²) in [5, 5.41) is 2.23. The number of nitrogens with one attached hydrogen (secondary N) is 1. The zero-order valence-electron chi connectivity index (χ0n) is 19.2. The van der Waals surface area contributed by atoms with E-state index < -0.39 is 23.4 Å². The normalized spacial score (nSPS) is 19.7. The highest BCUT2D eigenvalue weighted by molar-refractivity contribution is 8.39. The molecule has 0 aliphatic carbocycles. The van der Waals surface area contributed by atoms with Gasteiger partial charge in [0, 0.05) is 0 Å². The van der Waals surface area contributed by atoms with Gasteiger partial charge >= 0.3 is 6.03 Å². The molecule has 1 saturated heterocycles. The lowest BCUT2D eigenvalue weighted by molar-refractivity contribution is -0.122. The summed E-state index contributed by atoms with van der Waals surface area (Å²) in [5.41, 5.74) is 2.01. The molecule has 0 saturated carbocycles. The lowest BCUT2D eigenvalue weighted by atomic mass is 10.1. The molecule has 2 unspecified atom stereocenters. The SMILES string of the molecule is CCOc1ccccc1NC(=O)CN1C(=O)N(c2ccc(C)cc2)C(=O)C2SC(SCC)=NC21. The second-order valence-corrected chi connectivity index (χ2v) is 10.3. The Bertz CT molecular complexity index is 1120. The summed E-state index contributed by atoms with van der Waals surface area (Å²) in [5.74, 6) is 0.629. The molecule has 0 bridgehead atoms. The highest BCUT2D eigenvalue weighted by Gasteiger charge is 2.51. The topological polar surface area (TPSA) is 91.3 Å². The summed E-state index contributed by atoms with van der Waals surface area (Å²) in [6, 6.07) is 13.7. The van der Waals surface area contributed by atoms with Crippen LogP contribution in [0.3, 0.4) is 0 Å². The van der Waals surface area contributed by atoms with Gasteiger partial charge in [-0.05, 0) is 43.9 Å². The predicted molar refractivity (Wildman–Crippen MR) is 138 cm³/mol. The Hall–Kier alpha value is -2.98. The molecule has 0 radical (unpaired) electrons. The van der Waals surface area contributed by atoms with Crippen LogP contribution < -0.4 is 15.0 Å². The fraction of sp³-hybridized carbons (Fsp3) is 0.333. The molecule has 4 amide bonds. The Morgan fingerprint density at radius 1 is 1.15 bits per heavy atom. The molecule has 2 aliphatic rings. The van der Waals surface area contributed by atoms with E-state index >= 15 is 0 Å². The highest BCUT2D eigenvalue weighted by atomic mass is 32.2. The fourth-order valence-corrected chi connectivity index (χ4v) is 6.02. The van der Waals surface area contributed by atoms with Crippen molar-refractivity contribution in [2.75, 3.05) is 29.1 Å². The number of anilines is 2. The Kier molecular flexibility index (Phi) is 7.47. The minimum atomic E-state index is -0.728. The number of hydrogen-bond acceptors (Lipinski definition) is 7. The number of rotatable bonds is 7. The summed E-state index contributed by atoms with van der Waals surface area (Å²) in [6.07, 6.45) is -0.728. The number of ether oxygens (including phenoxy) is 1. The average molecular weight is 499 g/mol. The van der Waals surface area contributed by atoms with Crippen LogP contribution in [-0.4, -0.2) is 57.4 Å². The molecule has 1 fully saturated rings. The molecule has 0 aromatic heterocycles. The molecule has 2 aliphatic heterocycles. The van der Waals surface area contributed by atoms with Gasteiger partial charge in [0.1, 0.15) is 28.1 Å². The van der Waals surface area contributed by atoms with Gasteiger partial charge in [-0.2, -0.15) is 0 Å². The van der Waals surface area contributed by atoms with Crippen molar-refractivity contribution in [1.82, 2.24) is 4.90 Å². The maximum absolute atomic E-state index is 13.5. The lowest BCUT2D eigenvalue weighted by Gasteiger charge is -2.39. The fourth-order valence-electron chi connectivity index (χ4n) is 3.73. The van der Waals surface area contributed by atoms with Crippen LogP contribution in [0, 0.1) is 6.92 Å². The van der Waals surface area contributed by atoms with E-state index in [1.54, 1.807) is 30.3 Å². The number of aryl methyl sites for hydroxylation is 1. The number of fused-ring (bicyclic) bond motifs is 1. The Morgan fingerprint density at radius 3 is 2.59 bits per heavy atom. The van der Waals surface area contributed by atoms with Crippen molar-refractivity contribution in [3.8, 4) is 5.75 Å². The molecule has 8 nitrogen and oxygen atoms in total. The van der Waals surface area contributed by atoms with E-state index in [0.717, 1.165) is 20.6 Å². The quantitative estimate of drug-likeness (QED) is 0.610. The van der Waals surface area contributed by atoms with E-state index in [0.29, 0.717) is 23.7 Å².